The van der Waals surface area contributed by atoms with Crippen LogP contribution in [0.15, 0.2) is 30.3 Å². The van der Waals surface area contributed by atoms with Gasteiger partial charge in [0.2, 0.25) is 11.7 Å². The summed E-state index contributed by atoms with van der Waals surface area (Å²) in [4.78, 5) is 24.3. The molecule has 8 heteroatoms. The lowest BCUT2D eigenvalue weighted by Gasteiger charge is -2.23. The zero-order chi connectivity index (χ0) is 20.3. The molecule has 0 spiro atoms. The van der Waals surface area contributed by atoms with Crippen LogP contribution in [0.25, 0.3) is 0 Å². The largest absolute Gasteiger partial charge is 0.493 e. The number of benzene rings is 2. The molecule has 0 radical (unpaired) electrons. The van der Waals surface area contributed by atoms with Crippen LogP contribution in [0.3, 0.4) is 0 Å². The Labute approximate surface area is 162 Å². The summed E-state index contributed by atoms with van der Waals surface area (Å²) < 4.78 is 21.5. The molecule has 0 aliphatic carbocycles. The summed E-state index contributed by atoms with van der Waals surface area (Å²) >= 11 is 0. The number of hydrogen-bond acceptors (Lipinski definition) is 6. The van der Waals surface area contributed by atoms with Gasteiger partial charge in [-0.2, -0.15) is 0 Å². The van der Waals surface area contributed by atoms with Crippen molar-refractivity contribution in [1.29, 1.82) is 0 Å². The van der Waals surface area contributed by atoms with Crippen molar-refractivity contribution in [3.05, 3.63) is 35.9 Å². The van der Waals surface area contributed by atoms with Gasteiger partial charge in [-0.25, -0.2) is 0 Å². The summed E-state index contributed by atoms with van der Waals surface area (Å²) in [6.07, 6.45) is -0.481. The zero-order valence-electron chi connectivity index (χ0n) is 16.1. The van der Waals surface area contributed by atoms with Crippen LogP contribution < -0.4 is 29.6 Å². The van der Waals surface area contributed by atoms with Gasteiger partial charge in [0.1, 0.15) is 5.75 Å². The van der Waals surface area contributed by atoms with E-state index >= 15 is 0 Å². The van der Waals surface area contributed by atoms with Gasteiger partial charge in [-0.05, 0) is 31.2 Å². The molecule has 28 heavy (non-hydrogen) atoms. The van der Waals surface area contributed by atoms with Crippen LogP contribution >= 0.6 is 0 Å². The maximum absolute atomic E-state index is 12.5. The van der Waals surface area contributed by atoms with E-state index in [0.29, 0.717) is 39.9 Å². The summed E-state index contributed by atoms with van der Waals surface area (Å²) in [6.45, 7) is 1.67. The van der Waals surface area contributed by atoms with E-state index in [1.54, 1.807) is 37.3 Å². The number of ether oxygens (including phenoxy) is 4. The fourth-order valence-electron chi connectivity index (χ4n) is 2.97. The predicted molar refractivity (Wildman–Crippen MR) is 104 cm³/mol. The third kappa shape index (κ3) is 3.80. The third-order valence-electron chi connectivity index (χ3n) is 4.33. The molecule has 0 saturated heterocycles. The molecule has 3 rings (SSSR count). The first-order valence-electron chi connectivity index (χ1n) is 8.66. The van der Waals surface area contributed by atoms with E-state index < -0.39 is 6.10 Å². The van der Waals surface area contributed by atoms with E-state index in [1.165, 1.54) is 21.3 Å². The molecule has 2 N–H and O–H groups in total. The lowest BCUT2D eigenvalue weighted by atomic mass is 10.1. The van der Waals surface area contributed by atoms with E-state index in [-0.39, 0.29) is 18.2 Å². The first kappa shape index (κ1) is 19.3. The number of fused-ring (bicyclic) bond motifs is 1. The van der Waals surface area contributed by atoms with Crippen LogP contribution in [0.2, 0.25) is 0 Å². The van der Waals surface area contributed by atoms with Gasteiger partial charge in [-0.3, -0.25) is 9.59 Å². The summed E-state index contributed by atoms with van der Waals surface area (Å²) in [5.74, 6) is 1.47. The van der Waals surface area contributed by atoms with Crippen molar-refractivity contribution in [1.82, 2.24) is 0 Å². The number of methoxy groups -OCH3 is 3. The molecule has 0 fully saturated rings. The molecule has 0 bridgehead atoms. The van der Waals surface area contributed by atoms with Crippen LogP contribution in [0, 0.1) is 0 Å². The van der Waals surface area contributed by atoms with Crippen molar-refractivity contribution in [3.63, 3.8) is 0 Å². The molecule has 0 unspecified atom stereocenters. The zero-order valence-corrected chi connectivity index (χ0v) is 16.1. The molecule has 1 atom stereocenters. The minimum absolute atomic E-state index is 0.0699. The highest BCUT2D eigenvalue weighted by atomic mass is 16.5. The molecule has 1 aliphatic rings. The standard InChI is InChI=1S/C20H22N2O6/c1-11-20(24)22-14-10-13(6-8-15(14)28-11)21-17(23)9-12-5-7-16(25-2)19(27-4)18(12)26-3/h5-8,10-11H,9H2,1-4H3,(H,21,23)(H,22,24)/t11-/m1/s1. The molecule has 0 saturated carbocycles. The summed E-state index contributed by atoms with van der Waals surface area (Å²) in [5.41, 5.74) is 1.72. The first-order chi connectivity index (χ1) is 13.5. The quantitative estimate of drug-likeness (QED) is 0.792. The molecular formula is C20H22N2O6. The van der Waals surface area contributed by atoms with Gasteiger partial charge in [-0.1, -0.05) is 6.07 Å². The normalized spacial score (nSPS) is 15.0. The molecular weight excluding hydrogens is 364 g/mol. The molecule has 8 nitrogen and oxygen atoms in total. The van der Waals surface area contributed by atoms with Crippen LogP contribution in [0.5, 0.6) is 23.0 Å². The van der Waals surface area contributed by atoms with Crippen LogP contribution in [0.1, 0.15) is 12.5 Å². The van der Waals surface area contributed by atoms with Crippen molar-refractivity contribution in [3.8, 4) is 23.0 Å². The van der Waals surface area contributed by atoms with Gasteiger partial charge in [0.15, 0.2) is 17.6 Å². The minimum atomic E-state index is -0.551. The van der Waals surface area contributed by atoms with Crippen molar-refractivity contribution in [2.75, 3.05) is 32.0 Å². The Morgan fingerprint density at radius 3 is 2.54 bits per heavy atom. The molecule has 1 aliphatic heterocycles. The highest BCUT2D eigenvalue weighted by Gasteiger charge is 2.24. The highest BCUT2D eigenvalue weighted by molar-refractivity contribution is 5.99. The van der Waals surface area contributed by atoms with E-state index in [2.05, 4.69) is 10.6 Å². The van der Waals surface area contributed by atoms with Crippen molar-refractivity contribution < 1.29 is 28.5 Å². The Hall–Kier alpha value is -3.42. The monoisotopic (exact) mass is 386 g/mol. The Morgan fingerprint density at radius 2 is 1.86 bits per heavy atom. The van der Waals surface area contributed by atoms with Crippen LogP contribution in [-0.4, -0.2) is 39.2 Å². The van der Waals surface area contributed by atoms with E-state index in [9.17, 15) is 9.59 Å². The number of amides is 2. The fourth-order valence-corrected chi connectivity index (χ4v) is 2.97. The first-order valence-corrected chi connectivity index (χ1v) is 8.66. The number of rotatable bonds is 6. The maximum atomic E-state index is 12.5. The molecule has 2 aromatic carbocycles. The topological polar surface area (TPSA) is 95.1 Å². The van der Waals surface area contributed by atoms with Crippen molar-refractivity contribution >= 4 is 23.2 Å². The minimum Gasteiger partial charge on any atom is -0.493 e. The van der Waals surface area contributed by atoms with E-state index in [1.807, 2.05) is 0 Å². The lowest BCUT2D eigenvalue weighted by molar-refractivity contribution is -0.122. The number of carbonyl (C=O) groups excluding carboxylic acids is 2. The summed E-state index contributed by atoms with van der Waals surface area (Å²) in [5, 5.41) is 5.56. The van der Waals surface area contributed by atoms with E-state index in [0.717, 1.165) is 0 Å². The molecule has 1 heterocycles. The van der Waals surface area contributed by atoms with Gasteiger partial charge in [0.25, 0.3) is 5.91 Å². The van der Waals surface area contributed by atoms with Gasteiger partial charge < -0.3 is 29.6 Å². The average molecular weight is 386 g/mol. The SMILES string of the molecule is COc1ccc(CC(=O)Nc2ccc3c(c2)NC(=O)[C@@H](C)O3)c(OC)c1OC. The maximum Gasteiger partial charge on any atom is 0.265 e. The Bertz CT molecular complexity index is 912. The van der Waals surface area contributed by atoms with Crippen LogP contribution in [-0.2, 0) is 16.0 Å². The van der Waals surface area contributed by atoms with Crippen LogP contribution in [0.4, 0.5) is 11.4 Å². The highest BCUT2D eigenvalue weighted by Crippen LogP contribution is 2.40. The number of anilines is 2. The Morgan fingerprint density at radius 1 is 1.11 bits per heavy atom. The second kappa shape index (κ2) is 8.08. The molecule has 148 valence electrons. The van der Waals surface area contributed by atoms with E-state index in [4.69, 9.17) is 18.9 Å². The number of hydrogen-bond donors (Lipinski definition) is 2. The summed E-state index contributed by atoms with van der Waals surface area (Å²) in [6, 6.07) is 8.55. The van der Waals surface area contributed by atoms with Gasteiger partial charge in [-0.15, -0.1) is 0 Å². The Kier molecular flexibility index (Phi) is 5.58. The number of nitrogens with one attached hydrogen (secondary N) is 2. The molecule has 0 aromatic heterocycles. The molecule has 2 amide bonds. The smallest absolute Gasteiger partial charge is 0.265 e. The average Bonchev–Trinajstić information content (AvgIpc) is 2.68. The van der Waals surface area contributed by atoms with Gasteiger partial charge in [0, 0.05) is 11.3 Å². The third-order valence-corrected chi connectivity index (χ3v) is 4.33. The van der Waals surface area contributed by atoms with Gasteiger partial charge >= 0.3 is 0 Å². The van der Waals surface area contributed by atoms with Gasteiger partial charge in [0.05, 0.1) is 33.4 Å². The molecule has 2 aromatic rings. The second-order valence-electron chi connectivity index (χ2n) is 6.18. The van der Waals surface area contributed by atoms with Crippen molar-refractivity contribution in [2.45, 2.75) is 19.4 Å². The Balaban J connectivity index is 1.76. The second-order valence-corrected chi connectivity index (χ2v) is 6.18. The fraction of sp³-hybridized carbons (Fsp3) is 0.300. The number of carbonyl (C=O) groups is 2. The lowest BCUT2D eigenvalue weighted by Crippen LogP contribution is -2.34. The predicted octanol–water partition coefficient (Wildman–Crippen LogP) is 2.61. The van der Waals surface area contributed by atoms with Crippen molar-refractivity contribution in [2.24, 2.45) is 0 Å². The summed E-state index contributed by atoms with van der Waals surface area (Å²) in [7, 11) is 4.55.